The van der Waals surface area contributed by atoms with Gasteiger partial charge in [0.1, 0.15) is 11.8 Å². The van der Waals surface area contributed by atoms with Crippen molar-refractivity contribution in [1.82, 2.24) is 9.88 Å². The molecule has 24 heavy (non-hydrogen) atoms. The summed E-state index contributed by atoms with van der Waals surface area (Å²) in [6, 6.07) is 11.7. The maximum absolute atomic E-state index is 12.2. The summed E-state index contributed by atoms with van der Waals surface area (Å²) in [4.78, 5) is 41.3. The quantitative estimate of drug-likeness (QED) is 0.861. The number of rotatable bonds is 4. The number of aromatic nitrogens is 1. The van der Waals surface area contributed by atoms with Gasteiger partial charge in [0.05, 0.1) is 16.8 Å². The van der Waals surface area contributed by atoms with Crippen LogP contribution in [0.4, 0.5) is 5.69 Å². The Labute approximate surface area is 137 Å². The Kier molecular flexibility index (Phi) is 4.03. The van der Waals surface area contributed by atoms with Gasteiger partial charge in [-0.1, -0.05) is 12.1 Å². The van der Waals surface area contributed by atoms with Crippen molar-refractivity contribution >= 4 is 23.4 Å². The molecule has 0 radical (unpaired) electrons. The number of para-hydroxylation sites is 1. The molecule has 118 valence electrons. The Balaban J connectivity index is 1.65. The molecule has 3 rings (SSSR count). The summed E-state index contributed by atoms with van der Waals surface area (Å²) in [5, 5.41) is 11.6. The van der Waals surface area contributed by atoms with E-state index < -0.39 is 11.8 Å². The third-order valence-corrected chi connectivity index (χ3v) is 3.62. The molecule has 0 spiro atoms. The lowest BCUT2D eigenvalue weighted by molar-refractivity contribution is -0.116. The van der Waals surface area contributed by atoms with Crippen molar-refractivity contribution in [2.45, 2.75) is 6.42 Å². The molecular weight excluding hydrogens is 308 g/mol. The second kappa shape index (κ2) is 6.30. The molecule has 1 aliphatic heterocycles. The number of nitrogens with zero attached hydrogens (tertiary/aromatic N) is 3. The predicted octanol–water partition coefficient (Wildman–Crippen LogP) is 1.58. The van der Waals surface area contributed by atoms with Crippen molar-refractivity contribution < 1.29 is 14.4 Å². The minimum Gasteiger partial charge on any atom is -0.325 e. The van der Waals surface area contributed by atoms with Crippen LogP contribution in [0.2, 0.25) is 0 Å². The van der Waals surface area contributed by atoms with Gasteiger partial charge in [-0.15, -0.1) is 0 Å². The summed E-state index contributed by atoms with van der Waals surface area (Å²) in [6.45, 7) is -0.0470. The molecule has 2 heterocycles. The number of imide groups is 1. The molecule has 7 heteroatoms. The highest BCUT2D eigenvalue weighted by molar-refractivity contribution is 6.20. The van der Waals surface area contributed by atoms with E-state index in [0.29, 0.717) is 11.3 Å². The van der Waals surface area contributed by atoms with Crippen molar-refractivity contribution in [1.29, 1.82) is 5.26 Å². The molecule has 1 N–H and O–H groups in total. The van der Waals surface area contributed by atoms with Crippen LogP contribution in [-0.4, -0.2) is 34.2 Å². The Morgan fingerprint density at radius 2 is 1.96 bits per heavy atom. The molecule has 1 aliphatic rings. The first-order valence-electron chi connectivity index (χ1n) is 7.22. The second-order valence-corrected chi connectivity index (χ2v) is 5.12. The number of carbonyl (C=O) groups excluding carboxylic acids is 3. The molecule has 0 aliphatic carbocycles. The molecule has 2 aromatic rings. The van der Waals surface area contributed by atoms with E-state index in [1.54, 1.807) is 30.3 Å². The van der Waals surface area contributed by atoms with Gasteiger partial charge < -0.3 is 5.32 Å². The monoisotopic (exact) mass is 320 g/mol. The lowest BCUT2D eigenvalue weighted by Gasteiger charge is -2.13. The van der Waals surface area contributed by atoms with E-state index in [1.165, 1.54) is 12.3 Å². The fourth-order valence-corrected chi connectivity index (χ4v) is 2.43. The largest absolute Gasteiger partial charge is 0.325 e. The Hall–Kier alpha value is -3.53. The van der Waals surface area contributed by atoms with Gasteiger partial charge in [0, 0.05) is 19.2 Å². The van der Waals surface area contributed by atoms with Gasteiger partial charge in [-0.3, -0.25) is 24.3 Å². The minimum atomic E-state index is -0.499. The standard InChI is InChI=1S/C17H12N4O3/c18-10-11-4-1-2-6-13(11)20-14(22)7-9-21-16(23)12-5-3-8-19-15(12)17(21)24/h1-6,8H,7,9H2,(H,20,22). The molecule has 3 amide bonds. The van der Waals surface area contributed by atoms with Crippen molar-refractivity contribution in [3.63, 3.8) is 0 Å². The van der Waals surface area contributed by atoms with Gasteiger partial charge in [-0.2, -0.15) is 5.26 Å². The van der Waals surface area contributed by atoms with E-state index in [0.717, 1.165) is 4.90 Å². The fourth-order valence-electron chi connectivity index (χ4n) is 2.43. The zero-order valence-corrected chi connectivity index (χ0v) is 12.5. The van der Waals surface area contributed by atoms with E-state index in [2.05, 4.69) is 10.3 Å². The van der Waals surface area contributed by atoms with Crippen LogP contribution < -0.4 is 5.32 Å². The lowest BCUT2D eigenvalue weighted by Crippen LogP contribution is -2.33. The van der Waals surface area contributed by atoms with Crippen LogP contribution in [0.3, 0.4) is 0 Å². The number of carbonyl (C=O) groups is 3. The van der Waals surface area contributed by atoms with E-state index in [4.69, 9.17) is 5.26 Å². The smallest absolute Gasteiger partial charge is 0.280 e. The van der Waals surface area contributed by atoms with E-state index in [9.17, 15) is 14.4 Å². The molecular formula is C17H12N4O3. The third-order valence-electron chi connectivity index (χ3n) is 3.62. The maximum atomic E-state index is 12.2. The normalized spacial score (nSPS) is 12.7. The maximum Gasteiger partial charge on any atom is 0.280 e. The number of anilines is 1. The zero-order valence-electron chi connectivity index (χ0n) is 12.5. The molecule has 1 aromatic carbocycles. The van der Waals surface area contributed by atoms with Crippen molar-refractivity contribution in [2.75, 3.05) is 11.9 Å². The second-order valence-electron chi connectivity index (χ2n) is 5.12. The summed E-state index contributed by atoms with van der Waals surface area (Å²) in [6.07, 6.45) is 1.38. The van der Waals surface area contributed by atoms with E-state index >= 15 is 0 Å². The molecule has 7 nitrogen and oxygen atoms in total. The minimum absolute atomic E-state index is 0.0470. The number of nitriles is 1. The van der Waals surface area contributed by atoms with Crippen molar-refractivity contribution in [3.8, 4) is 6.07 Å². The molecule has 0 saturated heterocycles. The van der Waals surface area contributed by atoms with Crippen LogP contribution in [0.1, 0.15) is 32.8 Å². The highest BCUT2D eigenvalue weighted by Crippen LogP contribution is 2.20. The molecule has 0 atom stereocenters. The van der Waals surface area contributed by atoms with Gasteiger partial charge >= 0.3 is 0 Å². The average Bonchev–Trinajstić information content (AvgIpc) is 2.85. The van der Waals surface area contributed by atoms with Crippen molar-refractivity contribution in [2.24, 2.45) is 0 Å². The fraction of sp³-hybridized carbons (Fsp3) is 0.118. The highest BCUT2D eigenvalue weighted by atomic mass is 16.2. The van der Waals surface area contributed by atoms with Gasteiger partial charge in [0.2, 0.25) is 5.91 Å². The van der Waals surface area contributed by atoms with Gasteiger partial charge in [-0.05, 0) is 24.3 Å². The molecule has 0 bridgehead atoms. The van der Waals surface area contributed by atoms with Crippen LogP contribution in [0.5, 0.6) is 0 Å². The number of hydrogen-bond acceptors (Lipinski definition) is 5. The zero-order chi connectivity index (χ0) is 17.1. The first kappa shape index (κ1) is 15.4. The number of benzene rings is 1. The lowest BCUT2D eigenvalue weighted by atomic mass is 10.2. The van der Waals surface area contributed by atoms with E-state index in [-0.39, 0.29) is 30.1 Å². The summed E-state index contributed by atoms with van der Waals surface area (Å²) >= 11 is 0. The van der Waals surface area contributed by atoms with Crippen molar-refractivity contribution in [3.05, 3.63) is 59.4 Å². The molecule has 0 fully saturated rings. The number of nitrogens with one attached hydrogen (secondary N) is 1. The van der Waals surface area contributed by atoms with Crippen LogP contribution >= 0.6 is 0 Å². The Bertz CT molecular complexity index is 850. The predicted molar refractivity (Wildman–Crippen MR) is 84.0 cm³/mol. The van der Waals surface area contributed by atoms with E-state index in [1.807, 2.05) is 6.07 Å². The van der Waals surface area contributed by atoms with Crippen LogP contribution in [0, 0.1) is 11.3 Å². The van der Waals surface area contributed by atoms with Crippen LogP contribution in [0.15, 0.2) is 42.6 Å². The number of hydrogen-bond donors (Lipinski definition) is 1. The first-order chi connectivity index (χ1) is 11.6. The SMILES string of the molecule is N#Cc1ccccc1NC(=O)CCN1C(=O)c2cccnc2C1=O. The summed E-state index contributed by atoms with van der Waals surface area (Å²) in [5.41, 5.74) is 1.10. The molecule has 0 saturated carbocycles. The van der Waals surface area contributed by atoms with Gasteiger partial charge in [-0.25, -0.2) is 0 Å². The van der Waals surface area contributed by atoms with Gasteiger partial charge in [0.25, 0.3) is 11.8 Å². The van der Waals surface area contributed by atoms with Crippen LogP contribution in [0.25, 0.3) is 0 Å². The number of fused-ring (bicyclic) bond motifs is 1. The average molecular weight is 320 g/mol. The first-order valence-corrected chi connectivity index (χ1v) is 7.22. The molecule has 0 unspecified atom stereocenters. The number of pyridine rings is 1. The topological polar surface area (TPSA) is 103 Å². The summed E-state index contributed by atoms with van der Waals surface area (Å²) in [7, 11) is 0. The summed E-state index contributed by atoms with van der Waals surface area (Å²) < 4.78 is 0. The number of amides is 3. The molecule has 1 aromatic heterocycles. The Morgan fingerprint density at radius 1 is 1.17 bits per heavy atom. The Morgan fingerprint density at radius 3 is 2.71 bits per heavy atom. The van der Waals surface area contributed by atoms with Crippen LogP contribution in [-0.2, 0) is 4.79 Å². The summed E-state index contributed by atoms with van der Waals surface area (Å²) in [5.74, 6) is -1.34. The van der Waals surface area contributed by atoms with Gasteiger partial charge in [0.15, 0.2) is 0 Å². The third kappa shape index (κ3) is 2.73. The highest BCUT2D eigenvalue weighted by Gasteiger charge is 2.36.